The van der Waals surface area contributed by atoms with Gasteiger partial charge in [0.1, 0.15) is 30.8 Å². The van der Waals surface area contributed by atoms with Crippen LogP contribution in [-0.2, 0) is 48.4 Å². The number of anilines is 1. The normalized spacial score (nSPS) is 14.3. The molecule has 1 saturated carbocycles. The Labute approximate surface area is 458 Å². The zero-order chi connectivity index (χ0) is 55.8. The molecule has 21 nitrogen and oxygen atoms in total. The largest absolute Gasteiger partial charge is 0.445 e. The highest BCUT2D eigenvalue weighted by Crippen LogP contribution is 2.36. The van der Waals surface area contributed by atoms with E-state index in [2.05, 4.69) is 54.5 Å². The number of aromatic amines is 1. The van der Waals surface area contributed by atoms with Gasteiger partial charge in [0.25, 0.3) is 11.8 Å². The number of carbonyl (C=O) groups is 7. The van der Waals surface area contributed by atoms with Crippen molar-refractivity contribution >= 4 is 53.0 Å². The lowest BCUT2D eigenvalue weighted by atomic mass is 9.82. The third-order valence-electron chi connectivity index (χ3n) is 14.1. The Morgan fingerprint density at radius 2 is 1.61 bits per heavy atom. The summed E-state index contributed by atoms with van der Waals surface area (Å²) < 4.78 is 7.75. The van der Waals surface area contributed by atoms with E-state index in [-0.39, 0.29) is 69.3 Å². The number of imide groups is 1. The number of pyridine rings is 2. The number of fused-ring (bicyclic) bond motifs is 1. The highest BCUT2D eigenvalue weighted by molar-refractivity contribution is 6.12. The van der Waals surface area contributed by atoms with E-state index in [1.54, 1.807) is 47.5 Å². The van der Waals surface area contributed by atoms with Crippen LogP contribution in [0.4, 0.5) is 15.3 Å². The zero-order valence-corrected chi connectivity index (χ0v) is 44.9. The molecule has 1 aliphatic carbocycles. The molecule has 8 rings (SSSR count). The number of carbonyl (C=O) groups excluding carboxylic acids is 7. The molecule has 1 fully saturated rings. The number of H-pyrrole nitrogens is 1. The van der Waals surface area contributed by atoms with Crippen LogP contribution in [0.2, 0.25) is 0 Å². The molecule has 2 atom stereocenters. The van der Waals surface area contributed by atoms with Gasteiger partial charge in [0.15, 0.2) is 5.65 Å². The minimum Gasteiger partial charge on any atom is -0.445 e. The van der Waals surface area contributed by atoms with Crippen molar-refractivity contribution in [3.63, 3.8) is 0 Å². The zero-order valence-electron chi connectivity index (χ0n) is 44.9. The molecule has 0 radical (unpaired) electrons. The van der Waals surface area contributed by atoms with Gasteiger partial charge in [-0.15, -0.1) is 0 Å². The number of imidazole rings is 1. The van der Waals surface area contributed by atoms with Gasteiger partial charge >= 0.3 is 12.1 Å². The Kier molecular flexibility index (Phi) is 19.3. The fourth-order valence-corrected chi connectivity index (χ4v) is 9.95. The molecule has 1 unspecified atom stereocenters. The van der Waals surface area contributed by atoms with E-state index in [1.165, 1.54) is 30.5 Å². The topological polar surface area (TPSA) is 281 Å². The number of aromatic nitrogens is 6. The molecule has 5 heterocycles. The van der Waals surface area contributed by atoms with Crippen molar-refractivity contribution in [2.75, 3.05) is 18.4 Å². The number of hydrogen-bond acceptors (Lipinski definition) is 12. The lowest BCUT2D eigenvalue weighted by Crippen LogP contribution is -2.54. The molecule has 0 bridgehead atoms. The summed E-state index contributed by atoms with van der Waals surface area (Å²) in [5.41, 5.74) is 12.9. The number of aryl methyl sites for hydroxylation is 1. The van der Waals surface area contributed by atoms with Gasteiger partial charge in [0.05, 0.1) is 23.6 Å². The van der Waals surface area contributed by atoms with Crippen molar-refractivity contribution in [1.29, 1.82) is 0 Å². The van der Waals surface area contributed by atoms with Crippen molar-refractivity contribution in [2.24, 2.45) is 11.7 Å². The van der Waals surface area contributed by atoms with Gasteiger partial charge in [0.2, 0.25) is 17.7 Å². The first-order valence-electron chi connectivity index (χ1n) is 27.1. The molecular formula is C58H69N13O8. The highest BCUT2D eigenvalue weighted by atomic mass is 16.6. The Morgan fingerprint density at radius 1 is 0.835 bits per heavy atom. The second-order valence-electron chi connectivity index (χ2n) is 20.4. The second-order valence-corrected chi connectivity index (χ2v) is 20.4. The van der Waals surface area contributed by atoms with Gasteiger partial charge in [0, 0.05) is 61.3 Å². The fraction of sp³-hybridized carbons (Fsp3) is 0.397. The molecule has 414 valence electrons. The monoisotopic (exact) mass is 1080 g/mol. The van der Waals surface area contributed by atoms with E-state index in [0.29, 0.717) is 71.4 Å². The molecule has 0 spiro atoms. The highest BCUT2D eigenvalue weighted by Gasteiger charge is 2.30. The molecule has 8 amide bonds. The molecule has 21 heteroatoms. The smallest absolute Gasteiger partial charge is 0.410 e. The number of urea groups is 1. The number of primary amides is 1. The predicted molar refractivity (Wildman–Crippen MR) is 295 cm³/mol. The van der Waals surface area contributed by atoms with Gasteiger partial charge in [-0.1, -0.05) is 82.0 Å². The lowest BCUT2D eigenvalue weighted by molar-refractivity contribution is -0.137. The summed E-state index contributed by atoms with van der Waals surface area (Å²) in [5.74, 6) is -1.58. The maximum Gasteiger partial charge on any atom is 0.410 e. The van der Waals surface area contributed by atoms with E-state index in [9.17, 15) is 33.6 Å². The molecule has 4 aromatic heterocycles. The number of ether oxygens (including phenoxy) is 1. The first kappa shape index (κ1) is 56.5. The maximum atomic E-state index is 14.5. The summed E-state index contributed by atoms with van der Waals surface area (Å²) in [6, 6.07) is 21.9. The Hall–Kier alpha value is -8.75. The number of nitrogens with zero attached hydrogens (tertiary/aromatic N) is 7. The minimum absolute atomic E-state index is 0.0835. The summed E-state index contributed by atoms with van der Waals surface area (Å²) in [4.78, 5) is 111. The van der Waals surface area contributed by atoms with E-state index in [4.69, 9.17) is 20.4 Å². The Balaban J connectivity index is 0.934. The third-order valence-corrected chi connectivity index (χ3v) is 14.1. The van der Waals surface area contributed by atoms with Crippen LogP contribution >= 0.6 is 0 Å². The van der Waals surface area contributed by atoms with Crippen LogP contribution in [0.5, 0.6) is 0 Å². The second kappa shape index (κ2) is 27.0. The van der Waals surface area contributed by atoms with Crippen molar-refractivity contribution in [3.8, 4) is 22.6 Å². The Morgan fingerprint density at radius 3 is 2.35 bits per heavy atom. The van der Waals surface area contributed by atoms with Crippen molar-refractivity contribution in [1.82, 2.24) is 55.3 Å². The maximum absolute atomic E-state index is 14.5. The van der Waals surface area contributed by atoms with E-state index < -0.39 is 36.0 Å². The molecule has 79 heavy (non-hydrogen) atoms. The average molecular weight is 1080 g/mol. The number of nitrogens with two attached hydrogens (primary N) is 1. The number of hydrogen-bond donors (Lipinski definition) is 6. The number of benzene rings is 2. The van der Waals surface area contributed by atoms with Crippen LogP contribution in [0.1, 0.15) is 119 Å². The van der Waals surface area contributed by atoms with E-state index in [0.717, 1.165) is 47.4 Å². The molecule has 0 saturated heterocycles. The van der Waals surface area contributed by atoms with Gasteiger partial charge in [-0.05, 0) is 110 Å². The van der Waals surface area contributed by atoms with Crippen LogP contribution in [0, 0.1) is 12.8 Å². The Bertz CT molecular complexity index is 3140. The first-order valence-corrected chi connectivity index (χ1v) is 27.1. The summed E-state index contributed by atoms with van der Waals surface area (Å²) in [6.07, 6.45) is 13.1. The molecule has 2 aliphatic rings. The summed E-state index contributed by atoms with van der Waals surface area (Å²) >= 11 is 0. The molecule has 2 aromatic carbocycles. The van der Waals surface area contributed by atoms with Gasteiger partial charge < -0.3 is 36.7 Å². The van der Waals surface area contributed by atoms with Gasteiger partial charge in [-0.2, -0.15) is 5.10 Å². The van der Waals surface area contributed by atoms with Crippen LogP contribution < -0.4 is 27.0 Å². The summed E-state index contributed by atoms with van der Waals surface area (Å²) in [6.45, 7) is 6.16. The fourth-order valence-electron chi connectivity index (χ4n) is 9.95. The molecular weight excluding hydrogens is 1010 g/mol. The van der Waals surface area contributed by atoms with Crippen molar-refractivity contribution in [3.05, 3.63) is 132 Å². The van der Waals surface area contributed by atoms with Crippen LogP contribution in [-0.4, -0.2) is 106 Å². The SMILES string of the molecule is Cc1cccc(-c2[nH]c(CN(Cc3ccccc3C3CCCCC3)C(=O)OCc3ccc(NC(=O)[C@H](CCCNC(N)=O)NC(=O)C(NC(=O)CCCCCN4C(=O)C=CC4=O)C(C)C)cc3)nc2-c2ccc3ncnn3c2)n1. The average Bonchev–Trinajstić information content (AvgIpc) is 4.34. The summed E-state index contributed by atoms with van der Waals surface area (Å²) in [7, 11) is 0. The lowest BCUT2D eigenvalue weighted by Gasteiger charge is -2.27. The van der Waals surface area contributed by atoms with Gasteiger partial charge in [-0.3, -0.25) is 38.8 Å². The molecule has 6 aromatic rings. The quantitative estimate of drug-likeness (QED) is 0.0242. The van der Waals surface area contributed by atoms with Crippen LogP contribution in [0.15, 0.2) is 104 Å². The number of unbranched alkanes of at least 4 members (excludes halogenated alkanes) is 2. The van der Waals surface area contributed by atoms with Crippen molar-refractivity contribution < 1.29 is 38.3 Å². The van der Waals surface area contributed by atoms with Crippen LogP contribution in [0.25, 0.3) is 28.3 Å². The minimum atomic E-state index is -1.06. The van der Waals surface area contributed by atoms with Crippen LogP contribution in [0.3, 0.4) is 0 Å². The standard InChI is InChI=1S/C58H69N13O8/c1-37(2)52(68-49(72)21-8-5-11-31-70-50(73)28-29-51(70)74)56(76)65-46(20-13-30-60-57(59)77)55(75)64-43-25-22-39(23-26-43)35-79-58(78)69(32-41-17-9-10-18-44(41)40-15-6-4-7-16-40)34-47-66-53(42-24-27-48-61-36-62-71(48)33-42)54(67-47)45-19-12-14-38(3)63-45/h9-10,12,14,17-19,22-29,33,36-37,40,46,52H,4-8,11,13,15-16,20-21,30-32,34-35H2,1-3H3,(H,64,75)(H,65,76)(H,66,67)(H,68,72)(H3,59,60,77)/t46-,52?/m0/s1. The van der Waals surface area contributed by atoms with E-state index >= 15 is 0 Å². The number of amides is 8. The number of rotatable bonds is 25. The third kappa shape index (κ3) is 15.5. The molecule has 1 aliphatic heterocycles. The van der Waals surface area contributed by atoms with E-state index in [1.807, 2.05) is 49.5 Å². The summed E-state index contributed by atoms with van der Waals surface area (Å²) in [5, 5.41) is 15.3. The predicted octanol–water partition coefficient (Wildman–Crippen LogP) is 7.37. The molecule has 7 N–H and O–H groups in total. The van der Waals surface area contributed by atoms with Crippen molar-refractivity contribution in [2.45, 2.75) is 129 Å². The van der Waals surface area contributed by atoms with Gasteiger partial charge in [-0.25, -0.2) is 24.1 Å². The number of nitrogens with one attached hydrogen (secondary N) is 5. The first-order chi connectivity index (χ1) is 38.2.